The zero-order valence-corrected chi connectivity index (χ0v) is 10.4. The second-order valence-corrected chi connectivity index (χ2v) is 4.72. The van der Waals surface area contributed by atoms with Gasteiger partial charge in [0, 0.05) is 51.1 Å². The zero-order valence-electron chi connectivity index (χ0n) is 10.4. The van der Waals surface area contributed by atoms with Gasteiger partial charge in [-0.1, -0.05) is 6.07 Å². The molecule has 1 aliphatic heterocycles. The van der Waals surface area contributed by atoms with E-state index in [0.717, 1.165) is 19.6 Å². The Balaban J connectivity index is 2.16. The first kappa shape index (κ1) is 11.3. The maximum atomic E-state index is 3.47. The van der Waals surface area contributed by atoms with Crippen LogP contribution in [0.2, 0.25) is 0 Å². The van der Waals surface area contributed by atoms with E-state index in [4.69, 9.17) is 0 Å². The molecule has 1 aliphatic rings. The fraction of sp³-hybridized carbons (Fsp3) is 0.538. The minimum absolute atomic E-state index is 0.580. The van der Waals surface area contributed by atoms with Crippen molar-refractivity contribution in [1.82, 2.24) is 5.32 Å². The van der Waals surface area contributed by atoms with Crippen molar-refractivity contribution in [2.24, 2.45) is 0 Å². The van der Waals surface area contributed by atoms with Gasteiger partial charge in [0.1, 0.15) is 0 Å². The summed E-state index contributed by atoms with van der Waals surface area (Å²) in [5, 5.41) is 3.47. The molecule has 1 saturated heterocycles. The lowest BCUT2D eigenvalue weighted by molar-refractivity contribution is 0.485. The normalized spacial score (nSPS) is 20.9. The zero-order chi connectivity index (χ0) is 11.5. The number of benzene rings is 1. The first-order chi connectivity index (χ1) is 7.66. The molecule has 0 radical (unpaired) electrons. The molecule has 2 rings (SSSR count). The number of piperazine rings is 1. The molecular formula is C13H21N3. The van der Waals surface area contributed by atoms with E-state index < -0.39 is 0 Å². The average molecular weight is 219 g/mol. The topological polar surface area (TPSA) is 18.5 Å². The summed E-state index contributed by atoms with van der Waals surface area (Å²) in [6.07, 6.45) is 0. The molecule has 1 unspecified atom stereocenters. The van der Waals surface area contributed by atoms with Gasteiger partial charge in [-0.2, -0.15) is 0 Å². The van der Waals surface area contributed by atoms with Crippen LogP contribution in [0.5, 0.6) is 0 Å². The van der Waals surface area contributed by atoms with Gasteiger partial charge in [-0.25, -0.2) is 0 Å². The number of nitrogens with one attached hydrogen (secondary N) is 1. The Morgan fingerprint density at radius 2 is 2.19 bits per heavy atom. The van der Waals surface area contributed by atoms with Crippen molar-refractivity contribution in [2.75, 3.05) is 43.5 Å². The monoisotopic (exact) mass is 219 g/mol. The summed E-state index contributed by atoms with van der Waals surface area (Å²) in [7, 11) is 4.17. The van der Waals surface area contributed by atoms with E-state index in [2.05, 4.69) is 60.4 Å². The van der Waals surface area contributed by atoms with Crippen LogP contribution in [0.3, 0.4) is 0 Å². The summed E-state index contributed by atoms with van der Waals surface area (Å²) in [5.74, 6) is 0. The molecule has 0 bridgehead atoms. The van der Waals surface area contributed by atoms with E-state index >= 15 is 0 Å². The van der Waals surface area contributed by atoms with E-state index in [1.54, 1.807) is 0 Å². The molecule has 1 N–H and O–H groups in total. The quantitative estimate of drug-likeness (QED) is 0.814. The molecule has 3 nitrogen and oxygen atoms in total. The van der Waals surface area contributed by atoms with E-state index in [-0.39, 0.29) is 0 Å². The van der Waals surface area contributed by atoms with Gasteiger partial charge in [0.2, 0.25) is 0 Å². The van der Waals surface area contributed by atoms with E-state index in [0.29, 0.717) is 6.04 Å². The van der Waals surface area contributed by atoms with Crippen LogP contribution in [0.4, 0.5) is 11.4 Å². The van der Waals surface area contributed by atoms with Crippen LogP contribution in [0, 0.1) is 0 Å². The number of hydrogen-bond acceptors (Lipinski definition) is 3. The van der Waals surface area contributed by atoms with Crippen LogP contribution in [-0.2, 0) is 0 Å². The molecular weight excluding hydrogens is 198 g/mol. The van der Waals surface area contributed by atoms with E-state index in [9.17, 15) is 0 Å². The predicted molar refractivity (Wildman–Crippen MR) is 70.4 cm³/mol. The Hall–Kier alpha value is -1.22. The second-order valence-electron chi connectivity index (χ2n) is 4.72. The number of nitrogens with zero attached hydrogens (tertiary/aromatic N) is 2. The highest BCUT2D eigenvalue weighted by Gasteiger charge is 2.15. The van der Waals surface area contributed by atoms with Crippen molar-refractivity contribution in [3.63, 3.8) is 0 Å². The molecule has 1 heterocycles. The summed E-state index contributed by atoms with van der Waals surface area (Å²) in [5.41, 5.74) is 2.60. The van der Waals surface area contributed by atoms with Crippen LogP contribution in [-0.4, -0.2) is 39.8 Å². The van der Waals surface area contributed by atoms with Gasteiger partial charge in [-0.3, -0.25) is 0 Å². The fourth-order valence-corrected chi connectivity index (χ4v) is 2.13. The largest absolute Gasteiger partial charge is 0.378 e. The van der Waals surface area contributed by atoms with E-state index in [1.165, 1.54) is 11.4 Å². The van der Waals surface area contributed by atoms with Crippen molar-refractivity contribution < 1.29 is 0 Å². The van der Waals surface area contributed by atoms with Gasteiger partial charge < -0.3 is 15.1 Å². The van der Waals surface area contributed by atoms with Crippen molar-refractivity contribution in [1.29, 1.82) is 0 Å². The Morgan fingerprint density at radius 1 is 1.38 bits per heavy atom. The molecule has 0 amide bonds. The Morgan fingerprint density at radius 3 is 2.88 bits per heavy atom. The van der Waals surface area contributed by atoms with Gasteiger partial charge in [0.25, 0.3) is 0 Å². The van der Waals surface area contributed by atoms with Gasteiger partial charge >= 0.3 is 0 Å². The lowest BCUT2D eigenvalue weighted by Crippen LogP contribution is -2.49. The molecule has 1 aromatic carbocycles. The highest BCUT2D eigenvalue weighted by atomic mass is 15.2. The molecule has 1 atom stereocenters. The third-order valence-corrected chi connectivity index (χ3v) is 3.08. The molecule has 16 heavy (non-hydrogen) atoms. The molecule has 0 spiro atoms. The Bertz CT molecular complexity index is 349. The second kappa shape index (κ2) is 4.74. The highest BCUT2D eigenvalue weighted by molar-refractivity contribution is 5.59. The van der Waals surface area contributed by atoms with Gasteiger partial charge in [-0.15, -0.1) is 0 Å². The molecule has 3 heteroatoms. The molecule has 1 aromatic rings. The summed E-state index contributed by atoms with van der Waals surface area (Å²) < 4.78 is 0. The molecule has 88 valence electrons. The van der Waals surface area contributed by atoms with Crippen LogP contribution in [0.25, 0.3) is 0 Å². The first-order valence-corrected chi connectivity index (χ1v) is 5.92. The SMILES string of the molecule is CC1CN(c2cccc(N(C)C)c2)CCN1. The van der Waals surface area contributed by atoms with E-state index in [1.807, 2.05) is 0 Å². The minimum Gasteiger partial charge on any atom is -0.378 e. The minimum atomic E-state index is 0.580. The van der Waals surface area contributed by atoms with Crippen LogP contribution >= 0.6 is 0 Å². The molecule has 0 aromatic heterocycles. The average Bonchev–Trinajstić information content (AvgIpc) is 2.29. The molecule has 0 saturated carbocycles. The molecule has 0 aliphatic carbocycles. The number of rotatable bonds is 2. The maximum absolute atomic E-state index is 3.47. The number of anilines is 2. The third kappa shape index (κ3) is 2.47. The summed E-state index contributed by atoms with van der Waals surface area (Å²) in [6, 6.07) is 9.33. The molecule has 1 fully saturated rings. The summed E-state index contributed by atoms with van der Waals surface area (Å²) in [4.78, 5) is 4.60. The fourth-order valence-electron chi connectivity index (χ4n) is 2.13. The number of hydrogen-bond donors (Lipinski definition) is 1. The van der Waals surface area contributed by atoms with Crippen LogP contribution in [0.15, 0.2) is 24.3 Å². The van der Waals surface area contributed by atoms with Crippen molar-refractivity contribution in [3.8, 4) is 0 Å². The summed E-state index contributed by atoms with van der Waals surface area (Å²) in [6.45, 7) is 5.51. The first-order valence-electron chi connectivity index (χ1n) is 5.92. The predicted octanol–water partition coefficient (Wildman–Crippen LogP) is 1.55. The Kier molecular flexibility index (Phi) is 3.34. The van der Waals surface area contributed by atoms with Crippen LogP contribution < -0.4 is 15.1 Å². The lowest BCUT2D eigenvalue weighted by Gasteiger charge is -2.34. The summed E-state index contributed by atoms with van der Waals surface area (Å²) >= 11 is 0. The maximum Gasteiger partial charge on any atom is 0.0387 e. The Labute approximate surface area is 98.0 Å². The van der Waals surface area contributed by atoms with Crippen LogP contribution in [0.1, 0.15) is 6.92 Å². The highest BCUT2D eigenvalue weighted by Crippen LogP contribution is 2.21. The van der Waals surface area contributed by atoms with Gasteiger partial charge in [0.15, 0.2) is 0 Å². The lowest BCUT2D eigenvalue weighted by atomic mass is 10.2. The van der Waals surface area contributed by atoms with Gasteiger partial charge in [-0.05, 0) is 25.1 Å². The standard InChI is InChI=1S/C13H21N3/c1-11-10-16(8-7-14-11)13-6-4-5-12(9-13)15(2)3/h4-6,9,11,14H,7-8,10H2,1-3H3. The van der Waals surface area contributed by atoms with Crippen molar-refractivity contribution in [3.05, 3.63) is 24.3 Å². The van der Waals surface area contributed by atoms with Gasteiger partial charge in [0.05, 0.1) is 0 Å². The third-order valence-electron chi connectivity index (χ3n) is 3.08. The van der Waals surface area contributed by atoms with Crippen molar-refractivity contribution >= 4 is 11.4 Å². The smallest absolute Gasteiger partial charge is 0.0387 e. The van der Waals surface area contributed by atoms with Crippen molar-refractivity contribution in [2.45, 2.75) is 13.0 Å².